The minimum Gasteiger partial charge on any atom is -0.398 e. The highest BCUT2D eigenvalue weighted by molar-refractivity contribution is 5.91. The van der Waals surface area contributed by atoms with Gasteiger partial charge in [-0.05, 0) is 24.1 Å². The monoisotopic (exact) mass is 224 g/mol. The molecule has 0 unspecified atom stereocenters. The molecule has 0 aliphatic carbocycles. The fourth-order valence-corrected chi connectivity index (χ4v) is 1.80. The Labute approximate surface area is 96.5 Å². The first-order valence-corrected chi connectivity index (χ1v) is 5.02. The van der Waals surface area contributed by atoms with Gasteiger partial charge >= 0.3 is 0 Å². The van der Waals surface area contributed by atoms with E-state index in [2.05, 4.69) is 36.7 Å². The topological polar surface area (TPSA) is 30.9 Å². The number of halogens is 1. The number of hydrogen-bond acceptors (Lipinski definition) is 1. The van der Waals surface area contributed by atoms with Crippen LogP contribution in [0.25, 0.3) is 10.9 Å². The molecule has 1 aromatic heterocycles. The van der Waals surface area contributed by atoms with E-state index in [0.29, 0.717) is 5.92 Å². The van der Waals surface area contributed by atoms with E-state index in [1.165, 1.54) is 5.52 Å². The van der Waals surface area contributed by atoms with Crippen molar-refractivity contribution in [2.45, 2.75) is 20.4 Å². The van der Waals surface area contributed by atoms with Gasteiger partial charge in [0.1, 0.15) is 0 Å². The summed E-state index contributed by atoms with van der Waals surface area (Å²) in [6.45, 7) is 5.49. The van der Waals surface area contributed by atoms with Crippen LogP contribution in [-0.4, -0.2) is 4.57 Å². The van der Waals surface area contributed by atoms with Crippen molar-refractivity contribution in [1.29, 1.82) is 0 Å². The molecule has 0 saturated carbocycles. The Morgan fingerprint density at radius 3 is 2.67 bits per heavy atom. The third-order valence-corrected chi connectivity index (χ3v) is 2.41. The Kier molecular flexibility index (Phi) is 3.64. The van der Waals surface area contributed by atoms with E-state index < -0.39 is 0 Å². The van der Waals surface area contributed by atoms with Crippen LogP contribution in [0.3, 0.4) is 0 Å². The summed E-state index contributed by atoms with van der Waals surface area (Å²) in [6.07, 6.45) is 2.11. The fourth-order valence-electron chi connectivity index (χ4n) is 1.80. The van der Waals surface area contributed by atoms with Gasteiger partial charge in [-0.25, -0.2) is 0 Å². The summed E-state index contributed by atoms with van der Waals surface area (Å²) in [5, 5.41) is 1.16. The normalized spacial score (nSPS) is 10.6. The van der Waals surface area contributed by atoms with Crippen molar-refractivity contribution in [1.82, 2.24) is 4.57 Å². The van der Waals surface area contributed by atoms with Crippen molar-refractivity contribution in [2.75, 3.05) is 5.73 Å². The van der Waals surface area contributed by atoms with E-state index in [0.717, 1.165) is 17.6 Å². The molecule has 0 radical (unpaired) electrons. The Hall–Kier alpha value is -1.15. The average molecular weight is 225 g/mol. The van der Waals surface area contributed by atoms with Gasteiger partial charge in [0.2, 0.25) is 0 Å². The van der Waals surface area contributed by atoms with Crippen LogP contribution in [0.2, 0.25) is 0 Å². The van der Waals surface area contributed by atoms with E-state index in [1.807, 2.05) is 12.1 Å². The second-order valence-electron chi connectivity index (χ2n) is 4.14. The number of fused-ring (bicyclic) bond motifs is 1. The van der Waals surface area contributed by atoms with Crippen LogP contribution in [0.5, 0.6) is 0 Å². The number of anilines is 1. The molecule has 15 heavy (non-hydrogen) atoms. The fraction of sp³-hybridized carbons (Fsp3) is 0.333. The van der Waals surface area contributed by atoms with Crippen molar-refractivity contribution in [2.24, 2.45) is 5.92 Å². The van der Waals surface area contributed by atoms with E-state index in [1.54, 1.807) is 0 Å². The molecule has 0 fully saturated rings. The van der Waals surface area contributed by atoms with Gasteiger partial charge in [-0.1, -0.05) is 19.9 Å². The third kappa shape index (κ3) is 2.26. The lowest BCUT2D eigenvalue weighted by molar-refractivity contribution is 0.535. The van der Waals surface area contributed by atoms with Gasteiger partial charge < -0.3 is 10.3 Å². The molecule has 0 aliphatic heterocycles. The highest BCUT2D eigenvalue weighted by atomic mass is 35.5. The first-order chi connectivity index (χ1) is 6.68. The number of hydrogen-bond donors (Lipinski definition) is 1. The standard InChI is InChI=1S/C12H16N2.ClH/c1-9(2)8-14-7-6-10-11(13)4-3-5-12(10)14;/h3-7,9H,8,13H2,1-2H3;1H. The van der Waals surface area contributed by atoms with Gasteiger partial charge in [-0.15, -0.1) is 12.4 Å². The predicted octanol–water partition coefficient (Wildman–Crippen LogP) is 3.30. The molecule has 0 spiro atoms. The van der Waals surface area contributed by atoms with Crippen LogP contribution in [-0.2, 0) is 6.54 Å². The number of rotatable bonds is 2. The summed E-state index contributed by atoms with van der Waals surface area (Å²) in [7, 11) is 0. The summed E-state index contributed by atoms with van der Waals surface area (Å²) in [4.78, 5) is 0. The molecule has 1 aromatic carbocycles. The number of benzene rings is 1. The molecule has 3 heteroatoms. The second kappa shape index (κ2) is 4.58. The molecular weight excluding hydrogens is 208 g/mol. The smallest absolute Gasteiger partial charge is 0.0501 e. The van der Waals surface area contributed by atoms with Crippen LogP contribution in [0.1, 0.15) is 13.8 Å². The van der Waals surface area contributed by atoms with Gasteiger partial charge in [-0.2, -0.15) is 0 Å². The zero-order valence-corrected chi connectivity index (χ0v) is 9.92. The average Bonchev–Trinajstić information content (AvgIpc) is 2.49. The van der Waals surface area contributed by atoms with Crippen molar-refractivity contribution < 1.29 is 0 Å². The van der Waals surface area contributed by atoms with Crippen molar-refractivity contribution in [3.8, 4) is 0 Å². The lowest BCUT2D eigenvalue weighted by Gasteiger charge is -2.08. The molecule has 2 rings (SSSR count). The Morgan fingerprint density at radius 2 is 2.00 bits per heavy atom. The molecule has 2 aromatic rings. The molecule has 2 N–H and O–H groups in total. The molecule has 0 aliphatic rings. The lowest BCUT2D eigenvalue weighted by Crippen LogP contribution is -2.02. The SMILES string of the molecule is CC(C)Cn1ccc2c(N)cccc21.Cl. The molecule has 0 saturated heterocycles. The van der Waals surface area contributed by atoms with Crippen LogP contribution in [0, 0.1) is 5.92 Å². The lowest BCUT2D eigenvalue weighted by atomic mass is 10.2. The number of nitrogens with zero attached hydrogens (tertiary/aromatic N) is 1. The van der Waals surface area contributed by atoms with Crippen molar-refractivity contribution >= 4 is 29.0 Å². The van der Waals surface area contributed by atoms with Gasteiger partial charge in [0, 0.05) is 23.8 Å². The van der Waals surface area contributed by atoms with Gasteiger partial charge in [0.25, 0.3) is 0 Å². The van der Waals surface area contributed by atoms with Crippen LogP contribution in [0.15, 0.2) is 30.5 Å². The summed E-state index contributed by atoms with van der Waals surface area (Å²) in [5.41, 5.74) is 7.99. The maximum absolute atomic E-state index is 5.89. The van der Waals surface area contributed by atoms with E-state index in [9.17, 15) is 0 Å². The zero-order chi connectivity index (χ0) is 10.1. The molecule has 0 bridgehead atoms. The molecule has 82 valence electrons. The van der Waals surface area contributed by atoms with Gasteiger partial charge in [-0.3, -0.25) is 0 Å². The number of nitrogens with two attached hydrogens (primary N) is 1. The van der Waals surface area contributed by atoms with Crippen LogP contribution < -0.4 is 5.73 Å². The van der Waals surface area contributed by atoms with Crippen molar-refractivity contribution in [3.05, 3.63) is 30.5 Å². The third-order valence-electron chi connectivity index (χ3n) is 2.41. The summed E-state index contributed by atoms with van der Waals surface area (Å²) < 4.78 is 2.26. The molecule has 2 nitrogen and oxygen atoms in total. The Bertz CT molecular complexity index is 446. The predicted molar refractivity (Wildman–Crippen MR) is 68.4 cm³/mol. The first kappa shape index (κ1) is 11.9. The zero-order valence-electron chi connectivity index (χ0n) is 9.10. The van der Waals surface area contributed by atoms with E-state index in [-0.39, 0.29) is 12.4 Å². The summed E-state index contributed by atoms with van der Waals surface area (Å²) in [5.74, 6) is 0.659. The number of aromatic nitrogens is 1. The molecule has 1 heterocycles. The molecule has 0 amide bonds. The molecule has 0 atom stereocenters. The van der Waals surface area contributed by atoms with Gasteiger partial charge in [0.05, 0.1) is 5.52 Å². The van der Waals surface area contributed by atoms with Crippen LogP contribution in [0.4, 0.5) is 5.69 Å². The highest BCUT2D eigenvalue weighted by Gasteiger charge is 2.03. The summed E-state index contributed by atoms with van der Waals surface area (Å²) >= 11 is 0. The first-order valence-electron chi connectivity index (χ1n) is 5.02. The largest absolute Gasteiger partial charge is 0.398 e. The second-order valence-corrected chi connectivity index (χ2v) is 4.14. The van der Waals surface area contributed by atoms with E-state index >= 15 is 0 Å². The maximum Gasteiger partial charge on any atom is 0.0501 e. The van der Waals surface area contributed by atoms with E-state index in [4.69, 9.17) is 5.73 Å². The Morgan fingerprint density at radius 1 is 1.27 bits per heavy atom. The maximum atomic E-state index is 5.89. The van der Waals surface area contributed by atoms with Crippen molar-refractivity contribution in [3.63, 3.8) is 0 Å². The summed E-state index contributed by atoms with van der Waals surface area (Å²) in [6, 6.07) is 8.16. The van der Waals surface area contributed by atoms with Crippen LogP contribution >= 0.6 is 12.4 Å². The number of nitrogen functional groups attached to an aromatic ring is 1. The Balaban J connectivity index is 0.00000112. The minimum absolute atomic E-state index is 0. The highest BCUT2D eigenvalue weighted by Crippen LogP contribution is 2.22. The quantitative estimate of drug-likeness (QED) is 0.780. The minimum atomic E-state index is 0. The molecular formula is C12H17ClN2. The van der Waals surface area contributed by atoms with Gasteiger partial charge in [0.15, 0.2) is 0 Å².